The summed E-state index contributed by atoms with van der Waals surface area (Å²) in [6.45, 7) is 0. The molecule has 294 valence electrons. The van der Waals surface area contributed by atoms with Gasteiger partial charge in [0.2, 0.25) is 0 Å². The first kappa shape index (κ1) is 38.0. The first-order valence-corrected chi connectivity index (χ1v) is 21.2. The standard InChI is InChI=1S/C60H44N2/c1-5-13-45(14-6-1)47-21-25-49(26-22-47)51-29-39-58(40-30-51)62(59-41-31-52(32-42-59)50-27-23-48(24-28-50)46-15-7-2-8-16-46)60-43-35-54(36-44-60)53-33-37-57(38-34-53)61(55-17-9-3-10-18-55)56-19-11-4-12-20-56/h1-44H. The number of para-hydroxylation sites is 2. The molecule has 0 amide bonds. The Kier molecular flexibility index (Phi) is 10.8. The Bertz CT molecular complexity index is 2800. The molecule has 0 aliphatic heterocycles. The van der Waals surface area contributed by atoms with Crippen LogP contribution in [0.1, 0.15) is 0 Å². The van der Waals surface area contributed by atoms with Crippen LogP contribution in [-0.2, 0) is 0 Å². The number of rotatable bonds is 11. The van der Waals surface area contributed by atoms with Crippen molar-refractivity contribution in [2.24, 2.45) is 0 Å². The summed E-state index contributed by atoms with van der Waals surface area (Å²) in [6.07, 6.45) is 0. The van der Waals surface area contributed by atoms with E-state index in [0.29, 0.717) is 0 Å². The molecule has 0 aliphatic rings. The summed E-state index contributed by atoms with van der Waals surface area (Å²) in [4.78, 5) is 4.63. The highest BCUT2D eigenvalue weighted by Gasteiger charge is 2.16. The molecule has 2 nitrogen and oxygen atoms in total. The molecule has 0 saturated heterocycles. The van der Waals surface area contributed by atoms with Crippen LogP contribution < -0.4 is 9.80 Å². The van der Waals surface area contributed by atoms with E-state index in [1.54, 1.807) is 0 Å². The third-order valence-corrected chi connectivity index (χ3v) is 11.5. The van der Waals surface area contributed by atoms with Gasteiger partial charge in [0, 0.05) is 34.1 Å². The minimum Gasteiger partial charge on any atom is -0.311 e. The zero-order chi connectivity index (χ0) is 41.5. The van der Waals surface area contributed by atoms with Crippen LogP contribution in [0.15, 0.2) is 267 Å². The highest BCUT2D eigenvalue weighted by Crippen LogP contribution is 2.39. The van der Waals surface area contributed by atoms with Gasteiger partial charge in [0.1, 0.15) is 0 Å². The smallest absolute Gasteiger partial charge is 0.0462 e. The van der Waals surface area contributed by atoms with Crippen molar-refractivity contribution in [3.05, 3.63) is 267 Å². The molecule has 0 fully saturated rings. The second-order valence-electron chi connectivity index (χ2n) is 15.4. The van der Waals surface area contributed by atoms with Gasteiger partial charge in [-0.3, -0.25) is 0 Å². The molecule has 10 aromatic carbocycles. The maximum atomic E-state index is 2.34. The number of hydrogen-bond donors (Lipinski definition) is 0. The minimum atomic E-state index is 1.09. The lowest BCUT2D eigenvalue weighted by atomic mass is 9.99. The average molecular weight is 793 g/mol. The van der Waals surface area contributed by atoms with E-state index in [9.17, 15) is 0 Å². The molecule has 0 unspecified atom stereocenters. The molecule has 0 atom stereocenters. The molecule has 0 N–H and O–H groups in total. The maximum Gasteiger partial charge on any atom is 0.0462 e. The lowest BCUT2D eigenvalue weighted by Crippen LogP contribution is -2.10. The predicted molar refractivity (Wildman–Crippen MR) is 263 cm³/mol. The first-order valence-electron chi connectivity index (χ1n) is 21.2. The van der Waals surface area contributed by atoms with E-state index in [1.165, 1.54) is 44.5 Å². The van der Waals surface area contributed by atoms with Gasteiger partial charge in [-0.25, -0.2) is 0 Å². The Morgan fingerprint density at radius 2 is 0.274 bits per heavy atom. The summed E-state index contributed by atoms with van der Waals surface area (Å²) in [7, 11) is 0. The zero-order valence-corrected chi connectivity index (χ0v) is 34.3. The van der Waals surface area contributed by atoms with Crippen molar-refractivity contribution >= 4 is 34.1 Å². The van der Waals surface area contributed by atoms with Gasteiger partial charge in [0.05, 0.1) is 0 Å². The molecule has 10 aromatic rings. The van der Waals surface area contributed by atoms with E-state index in [1.807, 2.05) is 0 Å². The molecule has 0 radical (unpaired) electrons. The van der Waals surface area contributed by atoms with Gasteiger partial charge in [-0.1, -0.05) is 194 Å². The predicted octanol–water partition coefficient (Wildman–Crippen LogP) is 17.0. The van der Waals surface area contributed by atoms with Gasteiger partial charge in [-0.2, -0.15) is 0 Å². The van der Waals surface area contributed by atoms with E-state index >= 15 is 0 Å². The van der Waals surface area contributed by atoms with E-state index in [2.05, 4.69) is 277 Å². The summed E-state index contributed by atoms with van der Waals surface area (Å²) in [5.41, 5.74) is 18.6. The van der Waals surface area contributed by atoms with Crippen molar-refractivity contribution in [3.8, 4) is 55.6 Å². The highest BCUT2D eigenvalue weighted by molar-refractivity contribution is 5.83. The van der Waals surface area contributed by atoms with Crippen LogP contribution in [0.2, 0.25) is 0 Å². The van der Waals surface area contributed by atoms with Crippen LogP contribution in [-0.4, -0.2) is 0 Å². The molecule has 0 bridgehead atoms. The third-order valence-electron chi connectivity index (χ3n) is 11.5. The molecular formula is C60H44N2. The molecule has 0 saturated carbocycles. The largest absolute Gasteiger partial charge is 0.311 e. The third kappa shape index (κ3) is 8.18. The highest BCUT2D eigenvalue weighted by atomic mass is 15.1. The van der Waals surface area contributed by atoms with E-state index in [0.717, 1.165) is 45.3 Å². The fourth-order valence-electron chi connectivity index (χ4n) is 8.23. The van der Waals surface area contributed by atoms with Crippen LogP contribution >= 0.6 is 0 Å². The molecular weight excluding hydrogens is 749 g/mol. The normalized spacial score (nSPS) is 10.9. The van der Waals surface area contributed by atoms with Crippen LogP contribution in [0.5, 0.6) is 0 Å². The topological polar surface area (TPSA) is 6.48 Å². The van der Waals surface area contributed by atoms with Crippen LogP contribution in [0, 0.1) is 0 Å². The second-order valence-corrected chi connectivity index (χ2v) is 15.4. The van der Waals surface area contributed by atoms with E-state index in [4.69, 9.17) is 0 Å². The molecule has 0 heterocycles. The molecule has 10 rings (SSSR count). The molecule has 0 aliphatic carbocycles. The van der Waals surface area contributed by atoms with Gasteiger partial charge in [-0.15, -0.1) is 0 Å². The molecule has 62 heavy (non-hydrogen) atoms. The van der Waals surface area contributed by atoms with Crippen molar-refractivity contribution < 1.29 is 0 Å². The summed E-state index contributed by atoms with van der Waals surface area (Å²) >= 11 is 0. The summed E-state index contributed by atoms with van der Waals surface area (Å²) in [5.74, 6) is 0. The van der Waals surface area contributed by atoms with Crippen molar-refractivity contribution in [3.63, 3.8) is 0 Å². The van der Waals surface area contributed by atoms with Crippen LogP contribution in [0.3, 0.4) is 0 Å². The lowest BCUT2D eigenvalue weighted by Gasteiger charge is -2.26. The van der Waals surface area contributed by atoms with Gasteiger partial charge in [0.25, 0.3) is 0 Å². The molecule has 0 aromatic heterocycles. The van der Waals surface area contributed by atoms with Crippen molar-refractivity contribution in [1.29, 1.82) is 0 Å². The van der Waals surface area contributed by atoms with Crippen LogP contribution in [0.25, 0.3) is 55.6 Å². The van der Waals surface area contributed by atoms with E-state index in [-0.39, 0.29) is 0 Å². The quantitative estimate of drug-likeness (QED) is 0.129. The summed E-state index contributed by atoms with van der Waals surface area (Å²) in [5, 5.41) is 0. The fourth-order valence-corrected chi connectivity index (χ4v) is 8.23. The zero-order valence-electron chi connectivity index (χ0n) is 34.3. The van der Waals surface area contributed by atoms with Gasteiger partial charge in [-0.05, 0) is 128 Å². The number of hydrogen-bond acceptors (Lipinski definition) is 2. The first-order chi connectivity index (χ1) is 30.7. The van der Waals surface area contributed by atoms with E-state index < -0.39 is 0 Å². The Morgan fingerprint density at radius 3 is 0.484 bits per heavy atom. The van der Waals surface area contributed by atoms with Gasteiger partial charge >= 0.3 is 0 Å². The SMILES string of the molecule is c1ccc(-c2ccc(-c3ccc(N(c4ccc(-c5ccc(-c6ccccc6)cc5)cc4)c4ccc(-c5ccc(N(c6ccccc6)c6ccccc6)cc5)cc4)cc3)cc2)cc1. The summed E-state index contributed by atoms with van der Waals surface area (Å²) < 4.78 is 0. The molecule has 2 heteroatoms. The number of anilines is 6. The molecule has 0 spiro atoms. The van der Waals surface area contributed by atoms with Gasteiger partial charge in [0.15, 0.2) is 0 Å². The Hall–Kier alpha value is -8.20. The number of nitrogens with zero attached hydrogens (tertiary/aromatic N) is 2. The summed E-state index contributed by atoms with van der Waals surface area (Å²) in [6, 6.07) is 95.5. The Morgan fingerprint density at radius 1 is 0.129 bits per heavy atom. The Labute approximate surface area is 364 Å². The number of benzene rings is 10. The Balaban J connectivity index is 0.949. The maximum absolute atomic E-state index is 2.34. The monoisotopic (exact) mass is 792 g/mol. The lowest BCUT2D eigenvalue weighted by molar-refractivity contribution is 1.28. The minimum absolute atomic E-state index is 1.09. The van der Waals surface area contributed by atoms with Crippen molar-refractivity contribution in [2.45, 2.75) is 0 Å². The fraction of sp³-hybridized carbons (Fsp3) is 0. The van der Waals surface area contributed by atoms with Crippen LogP contribution in [0.4, 0.5) is 34.1 Å². The second kappa shape index (κ2) is 17.6. The van der Waals surface area contributed by atoms with Crippen molar-refractivity contribution in [2.75, 3.05) is 9.80 Å². The average Bonchev–Trinajstić information content (AvgIpc) is 3.36. The van der Waals surface area contributed by atoms with Gasteiger partial charge < -0.3 is 9.80 Å². The van der Waals surface area contributed by atoms with Crippen molar-refractivity contribution in [1.82, 2.24) is 0 Å².